The molecule has 0 spiro atoms. The molecule has 0 saturated carbocycles. The molecule has 2 aromatic heterocycles. The van der Waals surface area contributed by atoms with Crippen molar-refractivity contribution in [1.29, 1.82) is 0 Å². The predicted molar refractivity (Wildman–Crippen MR) is 292 cm³/mol. The SMILES string of the molecule is CC(=O)OC[C@@H]1CN(C2CCN(C(=O)c3cnc4ccccc4c3)CC2)CCC1Cc1ccc(Cl)c(Cl)c1.O=C(c1cnc2ccccc2c1)N1CCC(N2CCC(Cc3ccc(Cl)c(Cl)c3)[C@H](CO)C2)CC1. The van der Waals surface area contributed by atoms with Crippen molar-refractivity contribution in [2.75, 3.05) is 65.6 Å². The van der Waals surface area contributed by atoms with Crippen LogP contribution in [0.5, 0.6) is 0 Å². The van der Waals surface area contributed by atoms with Crippen molar-refractivity contribution in [3.63, 3.8) is 0 Å². The Morgan fingerprint density at radius 2 is 0.986 bits per heavy atom. The molecule has 0 bridgehead atoms. The summed E-state index contributed by atoms with van der Waals surface area (Å²) in [6, 6.07) is 32.1. The second kappa shape index (κ2) is 24.7. The van der Waals surface area contributed by atoms with Crippen LogP contribution in [0.2, 0.25) is 20.1 Å². The van der Waals surface area contributed by atoms with Crippen LogP contribution in [0.3, 0.4) is 0 Å². The van der Waals surface area contributed by atoms with Crippen LogP contribution < -0.4 is 0 Å². The van der Waals surface area contributed by atoms with Gasteiger partial charge in [-0.25, -0.2) is 0 Å². The largest absolute Gasteiger partial charge is 0.466 e. The summed E-state index contributed by atoms with van der Waals surface area (Å²) in [7, 11) is 0. The first-order valence-corrected chi connectivity index (χ1v) is 27.3. The number of ether oxygens (including phenoxy) is 1. The van der Waals surface area contributed by atoms with Gasteiger partial charge in [-0.05, 0) is 142 Å². The van der Waals surface area contributed by atoms with E-state index in [-0.39, 0.29) is 36.2 Å². The number of esters is 1. The highest BCUT2D eigenvalue weighted by Crippen LogP contribution is 2.35. The molecule has 15 heteroatoms. The lowest BCUT2D eigenvalue weighted by atomic mass is 9.80. The number of pyridine rings is 2. The van der Waals surface area contributed by atoms with Crippen LogP contribution in [-0.4, -0.2) is 130 Å². The van der Waals surface area contributed by atoms with Gasteiger partial charge in [-0.3, -0.25) is 34.2 Å². The summed E-state index contributed by atoms with van der Waals surface area (Å²) in [5.74, 6) is 1.17. The maximum atomic E-state index is 13.2. The molecule has 4 aliphatic heterocycles. The van der Waals surface area contributed by atoms with Crippen molar-refractivity contribution in [3.05, 3.63) is 152 Å². The molecule has 10 rings (SSSR count). The minimum absolute atomic E-state index is 0.0507. The summed E-state index contributed by atoms with van der Waals surface area (Å²) in [6.07, 6.45) is 11.0. The Morgan fingerprint density at radius 3 is 1.42 bits per heavy atom. The molecule has 0 aliphatic carbocycles. The van der Waals surface area contributed by atoms with Gasteiger partial charge in [-0.15, -0.1) is 0 Å². The number of piperidine rings is 4. The summed E-state index contributed by atoms with van der Waals surface area (Å²) in [5, 5.41) is 14.4. The first-order chi connectivity index (χ1) is 35.4. The normalized spacial score (nSPS) is 21.5. The van der Waals surface area contributed by atoms with Crippen LogP contribution in [0.25, 0.3) is 21.8 Å². The van der Waals surface area contributed by atoms with Crippen molar-refractivity contribution in [3.8, 4) is 0 Å². The Balaban J connectivity index is 0.000000180. The van der Waals surface area contributed by atoms with Gasteiger partial charge in [0, 0.05) is 94.0 Å². The lowest BCUT2D eigenvalue weighted by Gasteiger charge is -2.45. The van der Waals surface area contributed by atoms with E-state index in [4.69, 9.17) is 51.1 Å². The highest BCUT2D eigenvalue weighted by molar-refractivity contribution is 6.42. The topological polar surface area (TPSA) is 119 Å². The van der Waals surface area contributed by atoms with Gasteiger partial charge in [0.1, 0.15) is 0 Å². The highest BCUT2D eigenvalue weighted by atomic mass is 35.5. The number of halogens is 4. The van der Waals surface area contributed by atoms with Crippen LogP contribution in [-0.2, 0) is 22.4 Å². The maximum Gasteiger partial charge on any atom is 0.302 e. The lowest BCUT2D eigenvalue weighted by Crippen LogP contribution is -2.52. The highest BCUT2D eigenvalue weighted by Gasteiger charge is 2.37. The Kier molecular flexibility index (Phi) is 17.9. The molecule has 1 N–H and O–H groups in total. The number of carbonyl (C=O) groups excluding carboxylic acids is 3. The molecule has 4 atom stereocenters. The van der Waals surface area contributed by atoms with Gasteiger partial charge in [0.05, 0.1) is 48.9 Å². The van der Waals surface area contributed by atoms with Crippen LogP contribution in [0.1, 0.15) is 77.3 Å². The minimum atomic E-state index is -0.245. The van der Waals surface area contributed by atoms with Gasteiger partial charge >= 0.3 is 5.97 Å². The zero-order valence-corrected chi connectivity index (χ0v) is 44.4. The molecule has 2 amide bonds. The quantitative estimate of drug-likeness (QED) is 0.127. The van der Waals surface area contributed by atoms with Crippen LogP contribution in [0, 0.1) is 23.7 Å². The van der Waals surface area contributed by atoms with E-state index >= 15 is 0 Å². The second-order valence-corrected chi connectivity index (χ2v) is 22.0. The Hall–Kier alpha value is -4.85. The number of hydrogen-bond acceptors (Lipinski definition) is 9. The van der Waals surface area contributed by atoms with Gasteiger partial charge in [-0.1, -0.05) is 94.9 Å². The number of para-hydroxylation sites is 2. The number of amides is 2. The summed E-state index contributed by atoms with van der Waals surface area (Å²) in [5.41, 5.74) is 5.43. The monoisotopic (exact) mass is 1060 g/mol. The van der Waals surface area contributed by atoms with Crippen LogP contribution in [0.15, 0.2) is 109 Å². The summed E-state index contributed by atoms with van der Waals surface area (Å²) < 4.78 is 5.48. The van der Waals surface area contributed by atoms with Crippen molar-refractivity contribution < 1.29 is 24.2 Å². The van der Waals surface area contributed by atoms with Gasteiger partial charge in [0.25, 0.3) is 11.8 Å². The third-order valence-corrected chi connectivity index (χ3v) is 17.2. The first kappa shape index (κ1) is 53.0. The number of hydrogen-bond donors (Lipinski definition) is 1. The van der Waals surface area contributed by atoms with Crippen LogP contribution in [0.4, 0.5) is 0 Å². The van der Waals surface area contributed by atoms with Gasteiger partial charge in [-0.2, -0.15) is 0 Å². The van der Waals surface area contributed by atoms with Crippen molar-refractivity contribution in [1.82, 2.24) is 29.6 Å². The molecule has 4 saturated heterocycles. The molecular formula is C58H64Cl4N6O5. The molecule has 11 nitrogen and oxygen atoms in total. The third kappa shape index (κ3) is 13.3. The standard InChI is InChI=1S/C30H33Cl2N3O3.C28H31Cl2N3O2/c1-20(36)38-19-25-18-35(11-8-22(25)14-21-6-7-27(31)28(32)15-21)26-9-12-34(13-10-26)30(37)24-16-23-4-2-3-5-29(23)33-17-24;29-25-6-5-19(14-26(25)30)13-20-7-10-33(17-23(20)18-34)24-8-11-32(12-9-24)28(35)22-15-21-3-1-2-4-27(21)31-16-22/h2-7,15-17,22,25-26H,8-14,18-19H2,1H3;1-6,14-16,20,23-24,34H,7-13,17-18H2/t22?,25-;20?,23-/m00/s1. The maximum absolute atomic E-state index is 13.2. The number of rotatable bonds is 11. The number of aromatic nitrogens is 2. The van der Waals surface area contributed by atoms with Gasteiger partial charge in [0.15, 0.2) is 0 Å². The fourth-order valence-corrected chi connectivity index (χ4v) is 12.2. The minimum Gasteiger partial charge on any atom is -0.466 e. The predicted octanol–water partition coefficient (Wildman–Crippen LogP) is 11.2. The third-order valence-electron chi connectivity index (χ3n) is 15.8. The molecule has 384 valence electrons. The molecule has 6 heterocycles. The van der Waals surface area contributed by atoms with Crippen molar-refractivity contribution in [2.24, 2.45) is 23.7 Å². The van der Waals surface area contributed by atoms with Crippen molar-refractivity contribution >= 4 is 86.0 Å². The number of benzene rings is 4. The summed E-state index contributed by atoms with van der Waals surface area (Å²) >= 11 is 24.6. The number of aliphatic hydroxyl groups is 1. The van der Waals surface area contributed by atoms with E-state index in [9.17, 15) is 19.5 Å². The number of fused-ring (bicyclic) bond motifs is 2. The molecule has 0 radical (unpaired) electrons. The molecular weight excluding hydrogens is 1000 g/mol. The molecule has 73 heavy (non-hydrogen) atoms. The van der Waals surface area contributed by atoms with E-state index in [1.54, 1.807) is 12.4 Å². The molecule has 4 fully saturated rings. The Labute approximate surface area is 448 Å². The number of carbonyl (C=O) groups is 3. The van der Waals surface area contributed by atoms with Gasteiger partial charge in [0.2, 0.25) is 0 Å². The van der Waals surface area contributed by atoms with E-state index in [0.717, 1.165) is 131 Å². The van der Waals surface area contributed by atoms with E-state index in [2.05, 4.69) is 19.8 Å². The number of likely N-dealkylation sites (tertiary alicyclic amines) is 4. The second-order valence-electron chi connectivity index (χ2n) is 20.4. The van der Waals surface area contributed by atoms with E-state index < -0.39 is 0 Å². The molecule has 6 aromatic rings. The zero-order valence-electron chi connectivity index (χ0n) is 41.4. The molecule has 2 unspecified atom stereocenters. The van der Waals surface area contributed by atoms with Gasteiger partial charge < -0.3 is 19.6 Å². The Bertz CT molecular complexity index is 2890. The average molecular weight is 1070 g/mol. The van der Waals surface area contributed by atoms with Crippen molar-refractivity contribution in [2.45, 2.75) is 70.4 Å². The first-order valence-electron chi connectivity index (χ1n) is 25.8. The average Bonchev–Trinajstić information content (AvgIpc) is 3.42. The number of nitrogens with zero attached hydrogens (tertiary/aromatic N) is 6. The Morgan fingerprint density at radius 1 is 0.548 bits per heavy atom. The number of aliphatic hydroxyl groups excluding tert-OH is 1. The van der Waals surface area contributed by atoms with E-state index in [0.29, 0.717) is 61.7 Å². The fraction of sp³-hybridized carbons (Fsp3) is 0.431. The smallest absolute Gasteiger partial charge is 0.302 e. The van der Waals surface area contributed by atoms with E-state index in [1.165, 1.54) is 12.5 Å². The zero-order chi connectivity index (χ0) is 51.0. The summed E-state index contributed by atoms with van der Waals surface area (Å²) in [6.45, 7) is 8.84. The fourth-order valence-electron chi connectivity index (χ4n) is 11.6. The lowest BCUT2D eigenvalue weighted by molar-refractivity contribution is -0.143. The molecule has 4 aliphatic rings. The van der Waals surface area contributed by atoms with Crippen LogP contribution >= 0.6 is 46.4 Å². The summed E-state index contributed by atoms with van der Waals surface area (Å²) in [4.78, 5) is 55.8. The van der Waals surface area contributed by atoms with E-state index in [1.807, 2.05) is 107 Å². The molecule has 4 aromatic carbocycles.